The fourth-order valence-corrected chi connectivity index (χ4v) is 2.55. The average Bonchev–Trinajstić information content (AvgIpc) is 2.47. The number of likely N-dealkylation sites (tertiary alicyclic amines) is 1. The molecule has 5 heteroatoms. The van der Waals surface area contributed by atoms with Crippen molar-refractivity contribution in [2.45, 2.75) is 31.7 Å². The number of hydrogen-bond donors (Lipinski definition) is 0. The molecular formula is C13H21ClN4. The van der Waals surface area contributed by atoms with Gasteiger partial charge >= 0.3 is 0 Å². The molecule has 0 unspecified atom stereocenters. The van der Waals surface area contributed by atoms with Crippen molar-refractivity contribution in [3.8, 4) is 0 Å². The molecule has 1 aromatic heterocycles. The standard InChI is InChI=1S/C13H21ClN4/c1-3-18-6-4-12(5-7-18)17(2)13-10-15-11(8-14)9-16-13/h9-10,12H,3-8H2,1-2H3. The van der Waals surface area contributed by atoms with Crippen molar-refractivity contribution < 1.29 is 0 Å². The van der Waals surface area contributed by atoms with E-state index in [0.717, 1.165) is 18.1 Å². The molecule has 18 heavy (non-hydrogen) atoms. The van der Waals surface area contributed by atoms with E-state index in [0.29, 0.717) is 11.9 Å². The highest BCUT2D eigenvalue weighted by Gasteiger charge is 2.22. The van der Waals surface area contributed by atoms with Crippen LogP contribution in [0.15, 0.2) is 12.4 Å². The SMILES string of the molecule is CCN1CCC(N(C)c2cnc(CCl)cn2)CC1. The van der Waals surface area contributed by atoms with E-state index in [-0.39, 0.29) is 0 Å². The lowest BCUT2D eigenvalue weighted by Crippen LogP contribution is -2.43. The summed E-state index contributed by atoms with van der Waals surface area (Å²) in [5, 5.41) is 0. The van der Waals surface area contributed by atoms with Crippen LogP contribution >= 0.6 is 11.6 Å². The van der Waals surface area contributed by atoms with Gasteiger partial charge in [0.2, 0.25) is 0 Å². The van der Waals surface area contributed by atoms with Crippen LogP contribution in [0.3, 0.4) is 0 Å². The van der Waals surface area contributed by atoms with Gasteiger partial charge in [-0.1, -0.05) is 6.92 Å². The van der Waals surface area contributed by atoms with Gasteiger partial charge < -0.3 is 9.80 Å². The highest BCUT2D eigenvalue weighted by atomic mass is 35.5. The molecule has 0 spiro atoms. The molecule has 1 aliphatic rings. The van der Waals surface area contributed by atoms with Crippen LogP contribution in [0.1, 0.15) is 25.5 Å². The number of rotatable bonds is 4. The molecular weight excluding hydrogens is 248 g/mol. The Kier molecular flexibility index (Phi) is 4.78. The molecule has 1 aromatic rings. The number of anilines is 1. The number of hydrogen-bond acceptors (Lipinski definition) is 4. The molecule has 0 aliphatic carbocycles. The molecule has 4 nitrogen and oxygen atoms in total. The van der Waals surface area contributed by atoms with Gasteiger partial charge in [0.05, 0.1) is 24.0 Å². The predicted octanol–water partition coefficient (Wildman–Crippen LogP) is 2.14. The summed E-state index contributed by atoms with van der Waals surface area (Å²) in [4.78, 5) is 13.5. The molecule has 0 atom stereocenters. The third kappa shape index (κ3) is 3.12. The highest BCUT2D eigenvalue weighted by Crippen LogP contribution is 2.19. The molecule has 1 aliphatic heterocycles. The van der Waals surface area contributed by atoms with Gasteiger partial charge in [0, 0.05) is 26.2 Å². The normalized spacial score (nSPS) is 17.9. The average molecular weight is 269 g/mol. The summed E-state index contributed by atoms with van der Waals surface area (Å²) in [7, 11) is 2.11. The van der Waals surface area contributed by atoms with Crippen LogP contribution in [0.4, 0.5) is 5.82 Å². The Balaban J connectivity index is 1.96. The maximum atomic E-state index is 5.72. The monoisotopic (exact) mass is 268 g/mol. The first-order valence-electron chi connectivity index (χ1n) is 6.56. The van der Waals surface area contributed by atoms with E-state index in [1.54, 1.807) is 6.20 Å². The van der Waals surface area contributed by atoms with Crippen molar-refractivity contribution in [3.05, 3.63) is 18.1 Å². The Labute approximate surface area is 114 Å². The summed E-state index contributed by atoms with van der Waals surface area (Å²) < 4.78 is 0. The highest BCUT2D eigenvalue weighted by molar-refractivity contribution is 6.16. The summed E-state index contributed by atoms with van der Waals surface area (Å²) in [6.07, 6.45) is 5.98. The second-order valence-corrected chi connectivity index (χ2v) is 5.04. The lowest BCUT2D eigenvalue weighted by atomic mass is 10.0. The first-order chi connectivity index (χ1) is 8.74. The van der Waals surface area contributed by atoms with E-state index in [2.05, 4.69) is 33.7 Å². The Bertz CT molecular complexity index is 360. The Morgan fingerprint density at radius 1 is 1.33 bits per heavy atom. The lowest BCUT2D eigenvalue weighted by Gasteiger charge is -2.36. The smallest absolute Gasteiger partial charge is 0.147 e. The minimum atomic E-state index is 0.423. The van der Waals surface area contributed by atoms with E-state index in [1.165, 1.54) is 25.9 Å². The van der Waals surface area contributed by atoms with Crippen LogP contribution < -0.4 is 4.90 Å². The zero-order chi connectivity index (χ0) is 13.0. The molecule has 0 bridgehead atoms. The maximum absolute atomic E-state index is 5.72. The molecule has 0 radical (unpaired) electrons. The van der Waals surface area contributed by atoms with Crippen LogP contribution in [-0.2, 0) is 5.88 Å². The van der Waals surface area contributed by atoms with Gasteiger partial charge in [-0.05, 0) is 19.4 Å². The van der Waals surface area contributed by atoms with Crippen molar-refractivity contribution in [1.29, 1.82) is 0 Å². The number of aromatic nitrogens is 2. The fraction of sp³-hybridized carbons (Fsp3) is 0.692. The van der Waals surface area contributed by atoms with E-state index in [1.807, 2.05) is 6.20 Å². The minimum absolute atomic E-state index is 0.423. The first kappa shape index (κ1) is 13.6. The number of nitrogens with zero attached hydrogens (tertiary/aromatic N) is 4. The molecule has 1 saturated heterocycles. The van der Waals surface area contributed by atoms with Crippen molar-refractivity contribution in [2.24, 2.45) is 0 Å². The molecule has 0 amide bonds. The summed E-state index contributed by atoms with van der Waals surface area (Å²) in [6.45, 7) is 5.73. The predicted molar refractivity (Wildman–Crippen MR) is 75.1 cm³/mol. The van der Waals surface area contributed by atoms with Gasteiger partial charge in [0.25, 0.3) is 0 Å². The first-order valence-corrected chi connectivity index (χ1v) is 7.10. The quantitative estimate of drug-likeness (QED) is 0.783. The van der Waals surface area contributed by atoms with Gasteiger partial charge in [0.15, 0.2) is 0 Å². The van der Waals surface area contributed by atoms with E-state index in [4.69, 9.17) is 11.6 Å². The maximum Gasteiger partial charge on any atom is 0.147 e. The molecule has 0 aromatic carbocycles. The van der Waals surface area contributed by atoms with Crippen LogP contribution in [0.5, 0.6) is 0 Å². The minimum Gasteiger partial charge on any atom is -0.355 e. The Morgan fingerprint density at radius 2 is 2.06 bits per heavy atom. The molecule has 1 fully saturated rings. The summed E-state index contributed by atoms with van der Waals surface area (Å²) >= 11 is 5.72. The second-order valence-electron chi connectivity index (χ2n) is 4.78. The van der Waals surface area contributed by atoms with E-state index in [9.17, 15) is 0 Å². The van der Waals surface area contributed by atoms with Gasteiger partial charge in [-0.2, -0.15) is 0 Å². The van der Waals surface area contributed by atoms with E-state index < -0.39 is 0 Å². The van der Waals surface area contributed by atoms with Gasteiger partial charge in [-0.15, -0.1) is 11.6 Å². The topological polar surface area (TPSA) is 32.3 Å². The summed E-state index contributed by atoms with van der Waals surface area (Å²) in [6, 6.07) is 0.573. The van der Waals surface area contributed by atoms with Gasteiger partial charge in [0.1, 0.15) is 5.82 Å². The van der Waals surface area contributed by atoms with Crippen molar-refractivity contribution in [2.75, 3.05) is 31.6 Å². The Morgan fingerprint density at radius 3 is 2.56 bits per heavy atom. The fourth-order valence-electron chi connectivity index (χ4n) is 2.41. The molecule has 100 valence electrons. The number of piperidine rings is 1. The van der Waals surface area contributed by atoms with Crippen LogP contribution in [0, 0.1) is 0 Å². The Hall–Kier alpha value is -0.870. The third-order valence-corrected chi connectivity index (χ3v) is 4.02. The van der Waals surface area contributed by atoms with E-state index >= 15 is 0 Å². The molecule has 2 rings (SSSR count). The zero-order valence-electron chi connectivity index (χ0n) is 11.1. The van der Waals surface area contributed by atoms with Crippen LogP contribution in [-0.4, -0.2) is 47.6 Å². The van der Waals surface area contributed by atoms with Crippen LogP contribution in [0.25, 0.3) is 0 Å². The summed E-state index contributed by atoms with van der Waals surface area (Å²) in [5.74, 6) is 1.37. The van der Waals surface area contributed by atoms with Crippen molar-refractivity contribution in [3.63, 3.8) is 0 Å². The molecule has 2 heterocycles. The van der Waals surface area contributed by atoms with Gasteiger partial charge in [-0.3, -0.25) is 4.98 Å². The molecule has 0 N–H and O–H groups in total. The largest absolute Gasteiger partial charge is 0.355 e. The van der Waals surface area contributed by atoms with Gasteiger partial charge in [-0.25, -0.2) is 4.98 Å². The summed E-state index contributed by atoms with van der Waals surface area (Å²) in [5.41, 5.74) is 0.828. The van der Waals surface area contributed by atoms with Crippen molar-refractivity contribution in [1.82, 2.24) is 14.9 Å². The third-order valence-electron chi connectivity index (χ3n) is 3.74. The second kappa shape index (κ2) is 6.34. The lowest BCUT2D eigenvalue weighted by molar-refractivity contribution is 0.220. The zero-order valence-corrected chi connectivity index (χ0v) is 11.9. The number of halogens is 1. The molecule has 0 saturated carbocycles. The van der Waals surface area contributed by atoms with Crippen LogP contribution in [0.2, 0.25) is 0 Å². The van der Waals surface area contributed by atoms with Crippen molar-refractivity contribution >= 4 is 17.4 Å². The number of alkyl halides is 1.